The Kier molecular flexibility index (Phi) is 4.86. The average molecular weight is 322 g/mol. The third-order valence-corrected chi connectivity index (χ3v) is 3.42. The van der Waals surface area contributed by atoms with Gasteiger partial charge in [0.15, 0.2) is 5.82 Å². The Bertz CT molecular complexity index is 822. The second-order valence-corrected chi connectivity index (χ2v) is 5.20. The number of benzene rings is 1. The smallest absolute Gasteiger partial charge is 0.224 e. The van der Waals surface area contributed by atoms with Gasteiger partial charge in [-0.05, 0) is 35.4 Å². The van der Waals surface area contributed by atoms with E-state index in [-0.39, 0.29) is 18.1 Å². The van der Waals surface area contributed by atoms with Crippen molar-refractivity contribution >= 4 is 5.91 Å². The first-order valence-corrected chi connectivity index (χ1v) is 7.44. The van der Waals surface area contributed by atoms with Crippen molar-refractivity contribution in [2.75, 3.05) is 0 Å². The number of amides is 1. The highest BCUT2D eigenvalue weighted by molar-refractivity contribution is 5.78. The number of aromatic nitrogens is 3. The van der Waals surface area contributed by atoms with Gasteiger partial charge in [0.05, 0.1) is 12.0 Å². The molecular weight excluding hydrogens is 307 g/mol. The standard InChI is InChI=1S/C18H15FN4O/c19-16-4-2-1-3-15(16)18-22-11-14(12-23-18)9-17(24)21-10-13-5-7-20-8-6-13/h1-8,11-12H,9-10H2,(H,21,24). The molecule has 3 aromatic rings. The summed E-state index contributed by atoms with van der Waals surface area (Å²) in [7, 11) is 0. The number of nitrogens with zero attached hydrogens (tertiary/aromatic N) is 3. The van der Waals surface area contributed by atoms with Crippen molar-refractivity contribution in [2.24, 2.45) is 0 Å². The monoisotopic (exact) mass is 322 g/mol. The first kappa shape index (κ1) is 15.7. The minimum Gasteiger partial charge on any atom is -0.352 e. The Morgan fingerprint density at radius 1 is 1.00 bits per heavy atom. The summed E-state index contributed by atoms with van der Waals surface area (Å²) in [5, 5.41) is 2.82. The molecule has 1 N–H and O–H groups in total. The van der Waals surface area contributed by atoms with Crippen LogP contribution in [-0.4, -0.2) is 20.9 Å². The lowest BCUT2D eigenvalue weighted by Gasteiger charge is -2.06. The summed E-state index contributed by atoms with van der Waals surface area (Å²) in [6, 6.07) is 9.99. The molecule has 24 heavy (non-hydrogen) atoms. The third-order valence-electron chi connectivity index (χ3n) is 3.42. The van der Waals surface area contributed by atoms with Crippen molar-refractivity contribution in [2.45, 2.75) is 13.0 Å². The van der Waals surface area contributed by atoms with Crippen molar-refractivity contribution in [3.8, 4) is 11.4 Å². The van der Waals surface area contributed by atoms with Crippen LogP contribution in [0.3, 0.4) is 0 Å². The normalized spacial score (nSPS) is 10.4. The Balaban J connectivity index is 1.60. The van der Waals surface area contributed by atoms with E-state index in [1.807, 2.05) is 12.1 Å². The first-order valence-electron chi connectivity index (χ1n) is 7.44. The maximum Gasteiger partial charge on any atom is 0.224 e. The molecule has 0 saturated carbocycles. The molecule has 2 heterocycles. The SMILES string of the molecule is O=C(Cc1cnc(-c2ccccc2F)nc1)NCc1ccncc1. The van der Waals surface area contributed by atoms with Crippen molar-refractivity contribution in [1.82, 2.24) is 20.3 Å². The summed E-state index contributed by atoms with van der Waals surface area (Å²) in [4.78, 5) is 24.2. The molecule has 1 amide bonds. The molecular formula is C18H15FN4O. The van der Waals surface area contributed by atoms with Gasteiger partial charge in [0, 0.05) is 31.3 Å². The van der Waals surface area contributed by atoms with Gasteiger partial charge in [0.1, 0.15) is 5.82 Å². The fourth-order valence-corrected chi connectivity index (χ4v) is 2.18. The van der Waals surface area contributed by atoms with E-state index in [2.05, 4.69) is 20.3 Å². The van der Waals surface area contributed by atoms with Crippen LogP contribution in [0.1, 0.15) is 11.1 Å². The molecule has 120 valence electrons. The number of hydrogen-bond donors (Lipinski definition) is 1. The highest BCUT2D eigenvalue weighted by atomic mass is 19.1. The number of nitrogens with one attached hydrogen (secondary N) is 1. The highest BCUT2D eigenvalue weighted by Gasteiger charge is 2.08. The minimum absolute atomic E-state index is 0.131. The molecule has 0 aliphatic rings. The molecule has 0 bridgehead atoms. The zero-order valence-corrected chi connectivity index (χ0v) is 12.8. The molecule has 0 spiro atoms. The maximum atomic E-state index is 13.7. The van der Waals surface area contributed by atoms with Gasteiger partial charge in [-0.1, -0.05) is 12.1 Å². The fraction of sp³-hybridized carbons (Fsp3) is 0.111. The van der Waals surface area contributed by atoms with Crippen LogP contribution in [0.15, 0.2) is 61.2 Å². The molecule has 3 rings (SSSR count). The molecule has 0 saturated heterocycles. The summed E-state index contributed by atoms with van der Waals surface area (Å²) in [5.41, 5.74) is 1.98. The number of pyridine rings is 1. The topological polar surface area (TPSA) is 67.8 Å². The van der Waals surface area contributed by atoms with E-state index >= 15 is 0 Å². The van der Waals surface area contributed by atoms with E-state index < -0.39 is 0 Å². The number of halogens is 1. The van der Waals surface area contributed by atoms with E-state index in [1.165, 1.54) is 6.07 Å². The molecule has 5 nitrogen and oxygen atoms in total. The number of rotatable bonds is 5. The summed E-state index contributed by atoms with van der Waals surface area (Å²) in [6.45, 7) is 0.440. The van der Waals surface area contributed by atoms with Gasteiger partial charge in [0.25, 0.3) is 0 Å². The van der Waals surface area contributed by atoms with Gasteiger partial charge in [-0.3, -0.25) is 9.78 Å². The average Bonchev–Trinajstić information content (AvgIpc) is 2.62. The summed E-state index contributed by atoms with van der Waals surface area (Å²) < 4.78 is 13.7. The Morgan fingerprint density at radius 2 is 1.71 bits per heavy atom. The Morgan fingerprint density at radius 3 is 2.42 bits per heavy atom. The van der Waals surface area contributed by atoms with Gasteiger partial charge >= 0.3 is 0 Å². The van der Waals surface area contributed by atoms with E-state index in [9.17, 15) is 9.18 Å². The predicted molar refractivity (Wildman–Crippen MR) is 87.2 cm³/mol. The fourth-order valence-electron chi connectivity index (χ4n) is 2.18. The number of carbonyl (C=O) groups is 1. The van der Waals surface area contributed by atoms with Crippen LogP contribution >= 0.6 is 0 Å². The lowest BCUT2D eigenvalue weighted by atomic mass is 10.2. The van der Waals surface area contributed by atoms with Crippen molar-refractivity contribution < 1.29 is 9.18 Å². The van der Waals surface area contributed by atoms with Gasteiger partial charge in [-0.15, -0.1) is 0 Å². The van der Waals surface area contributed by atoms with Crippen LogP contribution in [0, 0.1) is 5.82 Å². The first-order chi connectivity index (χ1) is 11.7. The molecule has 0 aliphatic heterocycles. The lowest BCUT2D eigenvalue weighted by Crippen LogP contribution is -2.24. The van der Waals surface area contributed by atoms with Gasteiger partial charge in [-0.2, -0.15) is 0 Å². The van der Waals surface area contributed by atoms with Crippen molar-refractivity contribution in [3.63, 3.8) is 0 Å². The molecule has 0 atom stereocenters. The van der Waals surface area contributed by atoms with Crippen LogP contribution in [0.25, 0.3) is 11.4 Å². The minimum atomic E-state index is -0.375. The van der Waals surface area contributed by atoms with Crippen LogP contribution in [-0.2, 0) is 17.8 Å². The third kappa shape index (κ3) is 3.98. The van der Waals surface area contributed by atoms with Crippen LogP contribution in [0.2, 0.25) is 0 Å². The summed E-state index contributed by atoms with van der Waals surface area (Å²) in [6.07, 6.45) is 6.61. The second kappa shape index (κ2) is 7.41. The second-order valence-electron chi connectivity index (χ2n) is 5.20. The molecule has 1 aromatic carbocycles. The van der Waals surface area contributed by atoms with Gasteiger partial charge < -0.3 is 5.32 Å². The Labute approximate surface area is 138 Å². The van der Waals surface area contributed by atoms with E-state index in [1.54, 1.807) is 43.0 Å². The zero-order valence-electron chi connectivity index (χ0n) is 12.8. The van der Waals surface area contributed by atoms with Crippen molar-refractivity contribution in [3.05, 3.63) is 78.1 Å². The lowest BCUT2D eigenvalue weighted by molar-refractivity contribution is -0.120. The van der Waals surface area contributed by atoms with Crippen LogP contribution < -0.4 is 5.32 Å². The number of hydrogen-bond acceptors (Lipinski definition) is 4. The molecule has 0 unspecified atom stereocenters. The molecule has 0 aliphatic carbocycles. The number of carbonyl (C=O) groups excluding carboxylic acids is 1. The van der Waals surface area contributed by atoms with E-state index in [0.717, 1.165) is 5.56 Å². The summed E-state index contributed by atoms with van der Waals surface area (Å²) >= 11 is 0. The highest BCUT2D eigenvalue weighted by Crippen LogP contribution is 2.17. The van der Waals surface area contributed by atoms with Crippen LogP contribution in [0.5, 0.6) is 0 Å². The van der Waals surface area contributed by atoms with Gasteiger partial charge in [0.2, 0.25) is 5.91 Å². The molecule has 0 fully saturated rings. The Hall–Kier alpha value is -3.15. The van der Waals surface area contributed by atoms with Crippen LogP contribution in [0.4, 0.5) is 4.39 Å². The van der Waals surface area contributed by atoms with Gasteiger partial charge in [-0.25, -0.2) is 14.4 Å². The maximum absolute atomic E-state index is 13.7. The zero-order chi connectivity index (χ0) is 16.8. The van der Waals surface area contributed by atoms with Crippen molar-refractivity contribution in [1.29, 1.82) is 0 Å². The van der Waals surface area contributed by atoms with E-state index in [4.69, 9.17) is 0 Å². The molecule has 0 radical (unpaired) electrons. The predicted octanol–water partition coefficient (Wildman–Crippen LogP) is 2.54. The quantitative estimate of drug-likeness (QED) is 0.784. The molecule has 2 aromatic heterocycles. The largest absolute Gasteiger partial charge is 0.352 e. The van der Waals surface area contributed by atoms with E-state index in [0.29, 0.717) is 23.5 Å². The summed E-state index contributed by atoms with van der Waals surface area (Å²) in [5.74, 6) is -0.205. The molecule has 6 heteroatoms.